The zero-order chi connectivity index (χ0) is 13.5. The number of nitro groups is 1. The first-order chi connectivity index (χ1) is 9.27. The number of nitrogens with zero attached hydrogens (tertiary/aromatic N) is 3. The van der Waals surface area contributed by atoms with Crippen LogP contribution in [-0.4, -0.2) is 54.2 Å². The van der Waals surface area contributed by atoms with Crippen LogP contribution in [0.1, 0.15) is 6.42 Å². The average Bonchev–Trinajstić information content (AvgIpc) is 2.45. The predicted molar refractivity (Wildman–Crippen MR) is 71.3 cm³/mol. The molecule has 7 nitrogen and oxygen atoms in total. The van der Waals surface area contributed by atoms with Gasteiger partial charge in [0.25, 0.3) is 0 Å². The van der Waals surface area contributed by atoms with Crippen molar-refractivity contribution >= 4 is 11.5 Å². The summed E-state index contributed by atoms with van der Waals surface area (Å²) in [4.78, 5) is 16.7. The van der Waals surface area contributed by atoms with Crippen molar-refractivity contribution in [2.24, 2.45) is 0 Å². The Kier molecular flexibility index (Phi) is 5.05. The molecule has 1 N–H and O–H groups in total. The minimum atomic E-state index is -0.419. The zero-order valence-corrected chi connectivity index (χ0v) is 10.7. The maximum absolute atomic E-state index is 10.8. The molecule has 0 radical (unpaired) electrons. The fourth-order valence-electron chi connectivity index (χ4n) is 2.01. The maximum atomic E-state index is 10.8. The minimum absolute atomic E-state index is 0.0221. The highest BCUT2D eigenvalue weighted by Gasteiger charge is 2.13. The van der Waals surface area contributed by atoms with Crippen LogP contribution >= 0.6 is 0 Å². The molecule has 1 aromatic rings. The molecule has 0 bridgehead atoms. The highest BCUT2D eigenvalue weighted by molar-refractivity contribution is 5.54. The van der Waals surface area contributed by atoms with E-state index in [2.05, 4.69) is 15.2 Å². The summed E-state index contributed by atoms with van der Waals surface area (Å²) in [6.45, 7) is 5.15. The topological polar surface area (TPSA) is 80.5 Å². The summed E-state index contributed by atoms with van der Waals surface area (Å²) >= 11 is 0. The van der Waals surface area contributed by atoms with Gasteiger partial charge in [-0.05, 0) is 19.0 Å². The maximum Gasteiger partial charge on any atom is 0.311 e. The summed E-state index contributed by atoms with van der Waals surface area (Å²) in [5.74, 6) is 0.342. The van der Waals surface area contributed by atoms with Crippen molar-refractivity contribution in [1.82, 2.24) is 9.88 Å². The molecule has 0 atom stereocenters. The Labute approximate surface area is 111 Å². The second kappa shape index (κ2) is 7.01. The van der Waals surface area contributed by atoms with E-state index >= 15 is 0 Å². The Morgan fingerprint density at radius 1 is 1.47 bits per heavy atom. The van der Waals surface area contributed by atoms with Gasteiger partial charge < -0.3 is 10.1 Å². The molecule has 2 rings (SSSR count). The molecule has 2 heterocycles. The number of morpholine rings is 1. The molecule has 19 heavy (non-hydrogen) atoms. The van der Waals surface area contributed by atoms with E-state index in [4.69, 9.17) is 4.74 Å². The fourth-order valence-corrected chi connectivity index (χ4v) is 2.01. The molecule has 0 aliphatic carbocycles. The normalized spacial score (nSPS) is 16.2. The zero-order valence-electron chi connectivity index (χ0n) is 10.7. The highest BCUT2D eigenvalue weighted by atomic mass is 16.6. The van der Waals surface area contributed by atoms with E-state index in [1.54, 1.807) is 12.3 Å². The number of aromatic nitrogens is 1. The number of hydrogen-bond donors (Lipinski definition) is 1. The van der Waals surface area contributed by atoms with Crippen molar-refractivity contribution in [3.63, 3.8) is 0 Å². The lowest BCUT2D eigenvalue weighted by atomic mass is 10.3. The number of nitrogens with one attached hydrogen (secondary N) is 1. The van der Waals surface area contributed by atoms with Crippen LogP contribution in [-0.2, 0) is 4.74 Å². The Balaban J connectivity index is 1.74. The van der Waals surface area contributed by atoms with Gasteiger partial charge >= 0.3 is 5.69 Å². The molecule has 0 unspecified atom stereocenters. The summed E-state index contributed by atoms with van der Waals surface area (Å²) in [6, 6.07) is 3.02. The van der Waals surface area contributed by atoms with Crippen LogP contribution < -0.4 is 5.32 Å². The van der Waals surface area contributed by atoms with Gasteiger partial charge in [0.05, 0.1) is 18.1 Å². The van der Waals surface area contributed by atoms with Gasteiger partial charge in [0.1, 0.15) is 0 Å². The molecule has 0 amide bonds. The molecule has 1 fully saturated rings. The lowest BCUT2D eigenvalue weighted by molar-refractivity contribution is -0.384. The second-order valence-electron chi connectivity index (χ2n) is 4.36. The van der Waals surface area contributed by atoms with E-state index in [1.165, 1.54) is 6.07 Å². The van der Waals surface area contributed by atoms with E-state index in [9.17, 15) is 10.1 Å². The van der Waals surface area contributed by atoms with Gasteiger partial charge in [0.2, 0.25) is 5.82 Å². The van der Waals surface area contributed by atoms with Gasteiger partial charge in [0, 0.05) is 31.9 Å². The van der Waals surface area contributed by atoms with Gasteiger partial charge in [-0.2, -0.15) is 0 Å². The van der Waals surface area contributed by atoms with E-state index < -0.39 is 4.92 Å². The SMILES string of the molecule is O=[N+]([O-])c1cccnc1NCCCN1CCOCC1. The molecule has 1 aliphatic rings. The average molecular weight is 266 g/mol. The van der Waals surface area contributed by atoms with E-state index in [0.717, 1.165) is 39.3 Å². The first-order valence-corrected chi connectivity index (χ1v) is 6.41. The summed E-state index contributed by atoms with van der Waals surface area (Å²) in [6.07, 6.45) is 2.48. The smallest absolute Gasteiger partial charge is 0.311 e. The summed E-state index contributed by atoms with van der Waals surface area (Å²) in [7, 11) is 0. The van der Waals surface area contributed by atoms with E-state index in [0.29, 0.717) is 12.4 Å². The van der Waals surface area contributed by atoms with E-state index in [-0.39, 0.29) is 5.69 Å². The van der Waals surface area contributed by atoms with Crippen LogP contribution in [0.4, 0.5) is 11.5 Å². The van der Waals surface area contributed by atoms with Gasteiger partial charge in [-0.25, -0.2) is 4.98 Å². The van der Waals surface area contributed by atoms with Crippen molar-refractivity contribution in [2.75, 3.05) is 44.7 Å². The second-order valence-corrected chi connectivity index (χ2v) is 4.36. The number of pyridine rings is 1. The predicted octanol–water partition coefficient (Wildman–Crippen LogP) is 1.12. The minimum Gasteiger partial charge on any atom is -0.379 e. The first kappa shape index (κ1) is 13.7. The molecule has 1 aromatic heterocycles. The van der Waals surface area contributed by atoms with Crippen LogP contribution in [0, 0.1) is 10.1 Å². The van der Waals surface area contributed by atoms with Gasteiger partial charge in [-0.3, -0.25) is 15.0 Å². The third-order valence-electron chi connectivity index (χ3n) is 3.03. The van der Waals surface area contributed by atoms with Crippen molar-refractivity contribution in [2.45, 2.75) is 6.42 Å². The Hall–Kier alpha value is -1.73. The third kappa shape index (κ3) is 4.15. The Bertz CT molecular complexity index is 421. The molecule has 0 spiro atoms. The quantitative estimate of drug-likeness (QED) is 0.472. The number of hydrogen-bond acceptors (Lipinski definition) is 6. The van der Waals surface area contributed by atoms with Crippen LogP contribution in [0.25, 0.3) is 0 Å². The summed E-state index contributed by atoms with van der Waals surface area (Å²) < 4.78 is 5.28. The van der Waals surface area contributed by atoms with Gasteiger partial charge in [-0.1, -0.05) is 0 Å². The van der Waals surface area contributed by atoms with Gasteiger partial charge in [0.15, 0.2) is 0 Å². The Morgan fingerprint density at radius 2 is 2.26 bits per heavy atom. The monoisotopic (exact) mass is 266 g/mol. The lowest BCUT2D eigenvalue weighted by Gasteiger charge is -2.26. The molecule has 1 saturated heterocycles. The first-order valence-electron chi connectivity index (χ1n) is 6.41. The molecule has 104 valence electrons. The molecule has 0 aromatic carbocycles. The largest absolute Gasteiger partial charge is 0.379 e. The summed E-state index contributed by atoms with van der Waals surface area (Å²) in [5, 5.41) is 13.8. The van der Waals surface area contributed by atoms with Crippen molar-refractivity contribution in [1.29, 1.82) is 0 Å². The van der Waals surface area contributed by atoms with Crippen LogP contribution in [0.3, 0.4) is 0 Å². The number of anilines is 1. The molecular weight excluding hydrogens is 248 g/mol. The molecule has 7 heteroatoms. The fraction of sp³-hybridized carbons (Fsp3) is 0.583. The van der Waals surface area contributed by atoms with Gasteiger partial charge in [-0.15, -0.1) is 0 Å². The van der Waals surface area contributed by atoms with Crippen molar-refractivity contribution in [3.8, 4) is 0 Å². The highest BCUT2D eigenvalue weighted by Crippen LogP contribution is 2.19. The van der Waals surface area contributed by atoms with Crippen LogP contribution in [0.5, 0.6) is 0 Å². The molecular formula is C12H18N4O3. The molecule has 1 aliphatic heterocycles. The molecule has 0 saturated carbocycles. The van der Waals surface area contributed by atoms with Crippen molar-refractivity contribution < 1.29 is 9.66 Å². The number of ether oxygens (including phenoxy) is 1. The standard InChI is InChI=1S/C12H18N4O3/c17-16(18)11-3-1-4-13-12(11)14-5-2-6-15-7-9-19-10-8-15/h1,3-4H,2,5-10H2,(H,13,14). The Morgan fingerprint density at radius 3 is 3.00 bits per heavy atom. The van der Waals surface area contributed by atoms with E-state index in [1.807, 2.05) is 0 Å². The van der Waals surface area contributed by atoms with Crippen molar-refractivity contribution in [3.05, 3.63) is 28.4 Å². The number of rotatable bonds is 6. The summed E-state index contributed by atoms with van der Waals surface area (Å²) in [5.41, 5.74) is 0.0221. The lowest BCUT2D eigenvalue weighted by Crippen LogP contribution is -2.37. The van der Waals surface area contributed by atoms with Crippen LogP contribution in [0.15, 0.2) is 18.3 Å². The third-order valence-corrected chi connectivity index (χ3v) is 3.03. The van der Waals surface area contributed by atoms with Crippen LogP contribution in [0.2, 0.25) is 0 Å².